The van der Waals surface area contributed by atoms with Crippen LogP contribution in [-0.4, -0.2) is 40.5 Å². The van der Waals surface area contributed by atoms with Crippen LogP contribution in [0.2, 0.25) is 0 Å². The number of amides is 1. The van der Waals surface area contributed by atoms with Gasteiger partial charge in [0.2, 0.25) is 5.91 Å². The first-order valence-electron chi connectivity index (χ1n) is 11.7. The smallest absolute Gasteiger partial charge is 0.338 e. The number of hydrogen-bond acceptors (Lipinski definition) is 6. The van der Waals surface area contributed by atoms with Crippen LogP contribution in [0.15, 0.2) is 95.5 Å². The maximum absolute atomic E-state index is 13.0. The second kappa shape index (κ2) is 10.6. The fourth-order valence-corrected chi connectivity index (χ4v) is 4.71. The predicted octanol–water partition coefficient (Wildman–Crippen LogP) is 4.74. The molecule has 9 heteroatoms. The quantitative estimate of drug-likeness (QED) is 0.271. The Labute approximate surface area is 219 Å². The lowest BCUT2D eigenvalue weighted by Gasteiger charge is -2.25. The zero-order valence-corrected chi connectivity index (χ0v) is 20.8. The van der Waals surface area contributed by atoms with Crippen molar-refractivity contribution in [1.29, 1.82) is 0 Å². The van der Waals surface area contributed by atoms with Gasteiger partial charge in [-0.3, -0.25) is 9.78 Å². The number of carbonyl (C=O) groups excluding carboxylic acids is 2. The Kier molecular flexibility index (Phi) is 6.96. The van der Waals surface area contributed by atoms with Gasteiger partial charge in [-0.15, -0.1) is 0 Å². The Bertz CT molecular complexity index is 1420. The third-order valence-corrected chi connectivity index (χ3v) is 6.44. The Hall–Kier alpha value is -4.50. The number of nitrogens with one attached hydrogen (secondary N) is 2. The summed E-state index contributed by atoms with van der Waals surface area (Å²) in [5.41, 5.74) is 2.46. The van der Waals surface area contributed by atoms with Gasteiger partial charge in [0.25, 0.3) is 0 Å². The second-order valence-electron chi connectivity index (χ2n) is 8.41. The van der Waals surface area contributed by atoms with E-state index in [-0.39, 0.29) is 18.5 Å². The Morgan fingerprint density at radius 3 is 2.54 bits per heavy atom. The SMILES string of the molecule is COC(=O)c1ccccc1-c1ccc(C2C(c3ccccn3)NC(=S)N2CC(=O)Nc2ccccc2)o1. The van der Waals surface area contributed by atoms with E-state index in [2.05, 4.69) is 15.6 Å². The van der Waals surface area contributed by atoms with E-state index in [4.69, 9.17) is 21.4 Å². The lowest BCUT2D eigenvalue weighted by atomic mass is 10.0. The van der Waals surface area contributed by atoms with Crippen LogP contribution in [0.1, 0.15) is 33.9 Å². The Balaban J connectivity index is 1.49. The monoisotopic (exact) mass is 512 g/mol. The molecule has 1 fully saturated rings. The molecule has 8 nitrogen and oxygen atoms in total. The maximum atomic E-state index is 13.0. The van der Waals surface area contributed by atoms with Crippen molar-refractivity contribution in [2.24, 2.45) is 0 Å². The minimum absolute atomic E-state index is 0.00348. The van der Waals surface area contributed by atoms with E-state index in [0.717, 1.165) is 5.69 Å². The molecule has 37 heavy (non-hydrogen) atoms. The first kappa shape index (κ1) is 24.2. The summed E-state index contributed by atoms with van der Waals surface area (Å²) < 4.78 is 11.2. The van der Waals surface area contributed by atoms with E-state index in [1.54, 1.807) is 35.4 Å². The van der Waals surface area contributed by atoms with Crippen molar-refractivity contribution in [3.63, 3.8) is 0 Å². The van der Waals surface area contributed by atoms with Crippen molar-refractivity contribution >= 4 is 34.9 Å². The number of aromatic nitrogens is 1. The fraction of sp³-hybridized carbons (Fsp3) is 0.143. The van der Waals surface area contributed by atoms with Crippen LogP contribution in [0.4, 0.5) is 5.69 Å². The van der Waals surface area contributed by atoms with Crippen molar-refractivity contribution < 1.29 is 18.7 Å². The highest BCUT2D eigenvalue weighted by molar-refractivity contribution is 7.80. The molecule has 0 saturated carbocycles. The molecule has 0 radical (unpaired) electrons. The highest BCUT2D eigenvalue weighted by Gasteiger charge is 2.42. The van der Waals surface area contributed by atoms with Crippen LogP contribution in [-0.2, 0) is 9.53 Å². The van der Waals surface area contributed by atoms with Crippen LogP contribution in [0.25, 0.3) is 11.3 Å². The summed E-state index contributed by atoms with van der Waals surface area (Å²) in [4.78, 5) is 31.6. The molecule has 0 spiro atoms. The minimum atomic E-state index is -0.456. The van der Waals surface area contributed by atoms with Crippen LogP contribution < -0.4 is 10.6 Å². The molecular weight excluding hydrogens is 488 g/mol. The molecule has 0 aliphatic carbocycles. The van der Waals surface area contributed by atoms with Crippen LogP contribution >= 0.6 is 12.2 Å². The summed E-state index contributed by atoms with van der Waals surface area (Å²) >= 11 is 5.65. The summed E-state index contributed by atoms with van der Waals surface area (Å²) in [6, 6.07) is 24.8. The van der Waals surface area contributed by atoms with E-state index in [1.807, 2.05) is 60.7 Å². The van der Waals surface area contributed by atoms with Gasteiger partial charge in [0.05, 0.1) is 24.4 Å². The number of methoxy groups -OCH3 is 1. The number of rotatable bonds is 7. The topological polar surface area (TPSA) is 96.7 Å². The van der Waals surface area contributed by atoms with Crippen LogP contribution in [0.3, 0.4) is 0 Å². The Morgan fingerprint density at radius 2 is 1.78 bits per heavy atom. The second-order valence-corrected chi connectivity index (χ2v) is 8.79. The number of esters is 1. The summed E-state index contributed by atoms with van der Waals surface area (Å²) in [7, 11) is 1.34. The number of ether oxygens (including phenoxy) is 1. The first-order chi connectivity index (χ1) is 18.0. The van der Waals surface area contributed by atoms with Gasteiger partial charge in [0.1, 0.15) is 24.1 Å². The van der Waals surface area contributed by atoms with E-state index in [9.17, 15) is 9.59 Å². The van der Waals surface area contributed by atoms with E-state index >= 15 is 0 Å². The molecule has 1 aliphatic heterocycles. The number of para-hydroxylation sites is 1. The summed E-state index contributed by atoms with van der Waals surface area (Å²) in [6.07, 6.45) is 1.71. The zero-order chi connectivity index (χ0) is 25.8. The number of benzene rings is 2. The first-order valence-corrected chi connectivity index (χ1v) is 12.1. The van der Waals surface area contributed by atoms with Crippen molar-refractivity contribution in [1.82, 2.24) is 15.2 Å². The molecule has 2 unspecified atom stereocenters. The normalized spacial score (nSPS) is 16.8. The van der Waals surface area contributed by atoms with Gasteiger partial charge in [-0.25, -0.2) is 4.79 Å². The summed E-state index contributed by atoms with van der Waals surface area (Å²) in [6.45, 7) is 0.00348. The summed E-state index contributed by atoms with van der Waals surface area (Å²) in [5, 5.41) is 6.63. The van der Waals surface area contributed by atoms with Crippen LogP contribution in [0.5, 0.6) is 0 Å². The number of hydrogen-bond donors (Lipinski definition) is 2. The molecule has 5 rings (SSSR count). The number of thiocarbonyl (C=S) groups is 1. The molecule has 1 amide bonds. The van der Waals surface area contributed by atoms with Crippen molar-refractivity contribution in [2.75, 3.05) is 19.0 Å². The number of carbonyl (C=O) groups is 2. The number of pyridine rings is 1. The van der Waals surface area contributed by atoms with Gasteiger partial charge in [-0.2, -0.15) is 0 Å². The molecule has 2 aromatic carbocycles. The Morgan fingerprint density at radius 1 is 1.03 bits per heavy atom. The van der Waals surface area contributed by atoms with E-state index in [1.165, 1.54) is 7.11 Å². The number of anilines is 1. The molecule has 4 aromatic rings. The maximum Gasteiger partial charge on any atom is 0.338 e. The largest absolute Gasteiger partial charge is 0.465 e. The highest BCUT2D eigenvalue weighted by Crippen LogP contribution is 2.40. The van der Waals surface area contributed by atoms with Crippen LogP contribution in [0, 0.1) is 0 Å². The lowest BCUT2D eigenvalue weighted by Crippen LogP contribution is -2.36. The highest BCUT2D eigenvalue weighted by atomic mass is 32.1. The fourth-order valence-electron chi connectivity index (χ4n) is 4.40. The molecule has 1 saturated heterocycles. The van der Waals surface area contributed by atoms with Gasteiger partial charge in [0.15, 0.2) is 5.11 Å². The van der Waals surface area contributed by atoms with Gasteiger partial charge < -0.3 is 24.7 Å². The standard InChI is InChI=1S/C28H24N4O4S/c1-35-27(34)20-12-6-5-11-19(20)22-14-15-23(36-22)26-25(21-13-7-8-16-29-21)31-28(37)32(26)17-24(33)30-18-9-3-2-4-10-18/h2-16,25-26H,17H2,1H3,(H,30,33)(H,31,37). The molecule has 3 heterocycles. The molecule has 0 bridgehead atoms. The van der Waals surface area contributed by atoms with E-state index in [0.29, 0.717) is 33.4 Å². The van der Waals surface area contributed by atoms with E-state index < -0.39 is 12.0 Å². The average Bonchev–Trinajstić information content (AvgIpc) is 3.54. The van der Waals surface area contributed by atoms with Gasteiger partial charge in [-0.05, 0) is 54.7 Å². The third kappa shape index (κ3) is 5.07. The lowest BCUT2D eigenvalue weighted by molar-refractivity contribution is -0.116. The predicted molar refractivity (Wildman–Crippen MR) is 143 cm³/mol. The average molecular weight is 513 g/mol. The molecule has 2 aromatic heterocycles. The number of furan rings is 1. The molecular formula is C28H24N4O4S. The van der Waals surface area contributed by atoms with Gasteiger partial charge in [-0.1, -0.05) is 42.5 Å². The summed E-state index contributed by atoms with van der Waals surface area (Å²) in [5.74, 6) is 0.403. The zero-order valence-electron chi connectivity index (χ0n) is 20.0. The van der Waals surface area contributed by atoms with Crippen molar-refractivity contribution in [3.05, 3.63) is 108 Å². The van der Waals surface area contributed by atoms with Gasteiger partial charge in [0, 0.05) is 17.4 Å². The minimum Gasteiger partial charge on any atom is -0.465 e. The molecule has 186 valence electrons. The van der Waals surface area contributed by atoms with Gasteiger partial charge >= 0.3 is 5.97 Å². The molecule has 2 N–H and O–H groups in total. The van der Waals surface area contributed by atoms with Crippen molar-refractivity contribution in [3.8, 4) is 11.3 Å². The third-order valence-electron chi connectivity index (χ3n) is 6.09. The number of nitrogens with zero attached hydrogens (tertiary/aromatic N) is 2. The molecule has 2 atom stereocenters. The van der Waals surface area contributed by atoms with Crippen molar-refractivity contribution in [2.45, 2.75) is 12.1 Å². The molecule has 1 aliphatic rings.